The van der Waals surface area contributed by atoms with E-state index >= 15 is 0 Å². The van der Waals surface area contributed by atoms with E-state index in [1.165, 1.54) is 0 Å². The second-order valence-electron chi connectivity index (χ2n) is 6.70. The summed E-state index contributed by atoms with van der Waals surface area (Å²) in [6.07, 6.45) is 4.57. The lowest BCUT2D eigenvalue weighted by Gasteiger charge is -2.38. The molecular formula is C17H34N2O2Si. The summed E-state index contributed by atoms with van der Waals surface area (Å²) >= 11 is 0. The smallest absolute Gasteiger partial charge is 0.313 e. The zero-order valence-electron chi connectivity index (χ0n) is 15.4. The van der Waals surface area contributed by atoms with Crippen molar-refractivity contribution < 1.29 is 9.59 Å². The minimum absolute atomic E-state index is 0.0317. The lowest BCUT2D eigenvalue weighted by molar-refractivity contribution is -0.130. The predicted octanol–water partition coefficient (Wildman–Crippen LogP) is 4.61. The molecule has 128 valence electrons. The molecule has 1 saturated heterocycles. The first-order chi connectivity index (χ1) is 10.4. The van der Waals surface area contributed by atoms with Gasteiger partial charge in [0.05, 0.1) is 0 Å². The number of carbonyl (C=O) groups excluding carboxylic acids is 2. The van der Waals surface area contributed by atoms with Gasteiger partial charge >= 0.3 is 6.03 Å². The van der Waals surface area contributed by atoms with Gasteiger partial charge in [0.1, 0.15) is 5.54 Å². The molecule has 0 aromatic rings. The van der Waals surface area contributed by atoms with E-state index in [0.29, 0.717) is 12.8 Å². The van der Waals surface area contributed by atoms with Crippen molar-refractivity contribution in [3.8, 4) is 0 Å². The van der Waals surface area contributed by atoms with Gasteiger partial charge in [0.25, 0.3) is 0 Å². The summed E-state index contributed by atoms with van der Waals surface area (Å²) in [5.41, 5.74) is -0.607. The van der Waals surface area contributed by atoms with Crippen molar-refractivity contribution in [2.75, 3.05) is 7.05 Å². The molecule has 1 fully saturated rings. The van der Waals surface area contributed by atoms with E-state index < -0.39 is 13.8 Å². The lowest BCUT2D eigenvalue weighted by Crippen LogP contribution is -2.57. The topological polar surface area (TPSA) is 40.6 Å². The third kappa shape index (κ3) is 2.84. The molecule has 0 aromatic carbocycles. The minimum Gasteiger partial charge on any atom is -0.313 e. The fraction of sp³-hybridized carbons (Fsp3) is 0.882. The molecule has 0 atom stereocenters. The highest BCUT2D eigenvalue weighted by atomic mass is 28.3. The van der Waals surface area contributed by atoms with Gasteiger partial charge in [-0.15, -0.1) is 0 Å². The molecule has 0 unspecified atom stereocenters. The number of hydrogen-bond acceptors (Lipinski definition) is 2. The standard InChI is InChI=1S/C17H34N2O2Si/c1-7-12-22(13-8-2,14-9-3)19-15(20)17(10-4,11-5)18(6)16(19)21/h7-14H2,1-6H3. The molecule has 0 aromatic heterocycles. The molecule has 3 amide bonds. The number of carbonyl (C=O) groups is 2. The highest BCUT2D eigenvalue weighted by Gasteiger charge is 2.59. The van der Waals surface area contributed by atoms with E-state index in [1.54, 1.807) is 9.47 Å². The van der Waals surface area contributed by atoms with Crippen molar-refractivity contribution in [1.29, 1.82) is 0 Å². The molecule has 0 aliphatic carbocycles. The van der Waals surface area contributed by atoms with Crippen LogP contribution < -0.4 is 0 Å². The van der Waals surface area contributed by atoms with Gasteiger partial charge in [-0.05, 0) is 31.0 Å². The molecule has 0 radical (unpaired) electrons. The Morgan fingerprint density at radius 2 is 1.27 bits per heavy atom. The van der Waals surface area contributed by atoms with E-state index in [9.17, 15) is 9.59 Å². The number of rotatable bonds is 9. The van der Waals surface area contributed by atoms with Gasteiger partial charge in [0.2, 0.25) is 5.91 Å². The molecule has 1 rings (SSSR count). The van der Waals surface area contributed by atoms with Crippen LogP contribution in [0.15, 0.2) is 0 Å². The Labute approximate surface area is 137 Å². The van der Waals surface area contributed by atoms with Crippen LogP contribution in [0.1, 0.15) is 66.7 Å². The van der Waals surface area contributed by atoms with Crippen LogP contribution in [0.2, 0.25) is 18.1 Å². The SMILES string of the molecule is CCC[Si](CCC)(CCC)N1C(=O)N(C)C(CC)(CC)C1=O. The van der Waals surface area contributed by atoms with Gasteiger partial charge in [-0.3, -0.25) is 9.36 Å². The van der Waals surface area contributed by atoms with Gasteiger partial charge in [-0.25, -0.2) is 4.79 Å². The van der Waals surface area contributed by atoms with Crippen molar-refractivity contribution in [1.82, 2.24) is 9.47 Å². The average Bonchev–Trinajstić information content (AvgIpc) is 2.68. The number of nitrogens with zero attached hydrogens (tertiary/aromatic N) is 2. The number of likely N-dealkylation sites (N-methyl/N-ethyl adjacent to an activating group) is 1. The fourth-order valence-electron chi connectivity index (χ4n) is 4.32. The van der Waals surface area contributed by atoms with Gasteiger partial charge < -0.3 is 4.90 Å². The van der Waals surface area contributed by atoms with E-state index in [1.807, 2.05) is 20.9 Å². The number of imide groups is 1. The average molecular weight is 327 g/mol. The fourth-order valence-corrected chi connectivity index (χ4v) is 9.73. The summed E-state index contributed by atoms with van der Waals surface area (Å²) in [7, 11) is -0.243. The van der Waals surface area contributed by atoms with Crippen LogP contribution in [-0.4, -0.2) is 42.2 Å². The quantitative estimate of drug-likeness (QED) is 0.458. The largest absolute Gasteiger partial charge is 0.319 e. The van der Waals surface area contributed by atoms with Crippen LogP contribution >= 0.6 is 0 Å². The molecule has 4 nitrogen and oxygen atoms in total. The van der Waals surface area contributed by atoms with E-state index in [-0.39, 0.29) is 11.9 Å². The summed E-state index contributed by atoms with van der Waals surface area (Å²) in [4.78, 5) is 28.0. The molecule has 1 aliphatic rings. The Kier molecular flexibility index (Phi) is 6.65. The third-order valence-electron chi connectivity index (χ3n) is 5.51. The summed E-state index contributed by atoms with van der Waals surface area (Å²) in [6, 6.07) is 3.10. The Hall–Kier alpha value is -0.843. The predicted molar refractivity (Wildman–Crippen MR) is 94.4 cm³/mol. The van der Waals surface area contributed by atoms with Crippen molar-refractivity contribution in [3.63, 3.8) is 0 Å². The Morgan fingerprint density at radius 1 is 0.864 bits per heavy atom. The molecular weight excluding hydrogens is 292 g/mol. The van der Waals surface area contributed by atoms with Gasteiger partial charge in [0.15, 0.2) is 8.24 Å². The maximum absolute atomic E-state index is 13.3. The number of amides is 3. The first kappa shape index (κ1) is 19.2. The van der Waals surface area contributed by atoms with Gasteiger partial charge in [0, 0.05) is 7.05 Å². The first-order valence-corrected chi connectivity index (χ1v) is 11.6. The third-order valence-corrected chi connectivity index (χ3v) is 11.1. The highest BCUT2D eigenvalue weighted by molar-refractivity contribution is 6.81. The normalized spacial score (nSPS) is 18.5. The van der Waals surface area contributed by atoms with E-state index in [2.05, 4.69) is 20.8 Å². The van der Waals surface area contributed by atoms with Crippen molar-refractivity contribution in [2.45, 2.75) is 90.4 Å². The van der Waals surface area contributed by atoms with Crippen molar-refractivity contribution >= 4 is 20.2 Å². The monoisotopic (exact) mass is 326 g/mol. The summed E-state index contributed by atoms with van der Waals surface area (Å²) < 4.78 is 1.79. The highest BCUT2D eigenvalue weighted by Crippen LogP contribution is 2.40. The maximum atomic E-state index is 13.3. The van der Waals surface area contributed by atoms with E-state index in [4.69, 9.17) is 0 Å². The zero-order valence-corrected chi connectivity index (χ0v) is 16.4. The van der Waals surface area contributed by atoms with E-state index in [0.717, 1.165) is 37.4 Å². The van der Waals surface area contributed by atoms with Crippen LogP contribution in [0.25, 0.3) is 0 Å². The molecule has 0 spiro atoms. The molecule has 1 aliphatic heterocycles. The van der Waals surface area contributed by atoms with Gasteiger partial charge in [-0.1, -0.05) is 53.9 Å². The second-order valence-corrected chi connectivity index (χ2v) is 11.1. The van der Waals surface area contributed by atoms with Crippen LogP contribution in [0.5, 0.6) is 0 Å². The molecule has 0 N–H and O–H groups in total. The molecule has 0 saturated carbocycles. The van der Waals surface area contributed by atoms with Crippen LogP contribution in [-0.2, 0) is 4.79 Å². The number of hydrogen-bond donors (Lipinski definition) is 0. The maximum Gasteiger partial charge on any atom is 0.319 e. The Morgan fingerprint density at radius 3 is 1.55 bits per heavy atom. The minimum atomic E-state index is -2.06. The molecule has 0 bridgehead atoms. The lowest BCUT2D eigenvalue weighted by atomic mass is 9.92. The van der Waals surface area contributed by atoms with Crippen molar-refractivity contribution in [3.05, 3.63) is 0 Å². The van der Waals surface area contributed by atoms with Gasteiger partial charge in [-0.2, -0.15) is 0 Å². The Balaban J connectivity index is 3.35. The van der Waals surface area contributed by atoms with Crippen LogP contribution in [0.3, 0.4) is 0 Å². The van der Waals surface area contributed by atoms with Crippen LogP contribution in [0.4, 0.5) is 4.79 Å². The first-order valence-electron chi connectivity index (χ1n) is 9.03. The second kappa shape index (κ2) is 7.62. The van der Waals surface area contributed by atoms with Crippen molar-refractivity contribution in [2.24, 2.45) is 0 Å². The molecule has 1 heterocycles. The molecule has 22 heavy (non-hydrogen) atoms. The summed E-state index contributed by atoms with van der Waals surface area (Å²) in [5, 5.41) is 0. The van der Waals surface area contributed by atoms with Crippen LogP contribution in [0, 0.1) is 0 Å². The summed E-state index contributed by atoms with van der Waals surface area (Å²) in [6.45, 7) is 10.6. The Bertz CT molecular complexity index is 390. The zero-order chi connectivity index (χ0) is 17.0. The summed E-state index contributed by atoms with van der Waals surface area (Å²) in [5.74, 6) is 0.0898. The molecule has 5 heteroatoms. The number of urea groups is 1.